The largest absolute Gasteiger partial charge is 0.452 e. The van der Waals surface area contributed by atoms with Crippen molar-refractivity contribution >= 4 is 17.2 Å². The number of nitrogens with one attached hydrogen (secondary N) is 1. The molecule has 0 aliphatic heterocycles. The molecule has 0 aliphatic carbocycles. The Labute approximate surface area is 143 Å². The van der Waals surface area contributed by atoms with Crippen LogP contribution in [0.25, 0.3) is 22.4 Å². The predicted molar refractivity (Wildman–Crippen MR) is 93.1 cm³/mol. The molecule has 2 aromatic carbocycles. The van der Waals surface area contributed by atoms with Crippen LogP contribution in [-0.2, 0) is 6.42 Å². The highest BCUT2D eigenvalue weighted by Gasteiger charge is 2.16. The van der Waals surface area contributed by atoms with Crippen molar-refractivity contribution in [1.82, 2.24) is 10.2 Å². The van der Waals surface area contributed by atoms with E-state index in [2.05, 4.69) is 16.3 Å². The van der Waals surface area contributed by atoms with Gasteiger partial charge in [-0.25, -0.2) is 0 Å². The Morgan fingerprint density at radius 3 is 2.72 bits per heavy atom. The Balaban J connectivity index is 1.86. The molecule has 2 heterocycles. The third kappa shape index (κ3) is 2.60. The van der Waals surface area contributed by atoms with Gasteiger partial charge >= 0.3 is 0 Å². The Morgan fingerprint density at radius 1 is 1.08 bits per heavy atom. The van der Waals surface area contributed by atoms with Crippen molar-refractivity contribution in [2.75, 3.05) is 0 Å². The highest BCUT2D eigenvalue weighted by atomic mass is 16.3. The number of furan rings is 1. The molecule has 5 heteroatoms. The lowest BCUT2D eigenvalue weighted by Gasteiger charge is -2.06. The SMILES string of the molecule is N#Cc1ccccc1Cc1cccc2[nH]nc(-c3ccc(C=O)o3)c12. The molecule has 0 saturated carbocycles. The van der Waals surface area contributed by atoms with Gasteiger partial charge in [-0.3, -0.25) is 9.89 Å². The maximum Gasteiger partial charge on any atom is 0.185 e. The molecule has 2 aromatic heterocycles. The molecule has 0 fully saturated rings. The Morgan fingerprint density at radius 2 is 1.92 bits per heavy atom. The van der Waals surface area contributed by atoms with E-state index in [1.807, 2.05) is 42.5 Å². The zero-order valence-corrected chi connectivity index (χ0v) is 13.2. The first kappa shape index (κ1) is 14.9. The van der Waals surface area contributed by atoms with Crippen LogP contribution in [0.15, 0.2) is 59.0 Å². The van der Waals surface area contributed by atoms with Gasteiger partial charge < -0.3 is 4.42 Å². The van der Waals surface area contributed by atoms with E-state index in [0.29, 0.717) is 29.7 Å². The fraction of sp³-hybridized carbons (Fsp3) is 0.0500. The van der Waals surface area contributed by atoms with Crippen LogP contribution in [0.5, 0.6) is 0 Å². The summed E-state index contributed by atoms with van der Waals surface area (Å²) in [5, 5.41) is 17.6. The molecular weight excluding hydrogens is 314 g/mol. The lowest BCUT2D eigenvalue weighted by molar-refractivity contribution is 0.110. The molecule has 4 rings (SSSR count). The minimum Gasteiger partial charge on any atom is -0.452 e. The molecular formula is C20H13N3O2. The van der Waals surface area contributed by atoms with Crippen LogP contribution >= 0.6 is 0 Å². The molecule has 25 heavy (non-hydrogen) atoms. The summed E-state index contributed by atoms with van der Waals surface area (Å²) < 4.78 is 5.53. The quantitative estimate of drug-likeness (QED) is 0.572. The topological polar surface area (TPSA) is 82.7 Å². The van der Waals surface area contributed by atoms with E-state index in [0.717, 1.165) is 22.0 Å². The van der Waals surface area contributed by atoms with Crippen LogP contribution in [0.4, 0.5) is 0 Å². The molecule has 120 valence electrons. The second-order valence-electron chi connectivity index (χ2n) is 5.68. The van der Waals surface area contributed by atoms with Crippen LogP contribution < -0.4 is 0 Å². The Hall–Kier alpha value is -3.65. The number of carbonyl (C=O) groups is 1. The molecule has 0 bridgehead atoms. The van der Waals surface area contributed by atoms with E-state index in [9.17, 15) is 10.1 Å². The van der Waals surface area contributed by atoms with Crippen molar-refractivity contribution in [3.8, 4) is 17.5 Å². The fourth-order valence-corrected chi connectivity index (χ4v) is 3.00. The standard InChI is InChI=1S/C20H13N3O2/c21-11-15-5-2-1-4-13(15)10-14-6-3-7-17-19(14)20(23-22-17)18-9-8-16(12-24)25-18/h1-9,12H,10H2,(H,22,23). The maximum absolute atomic E-state index is 10.9. The van der Waals surface area contributed by atoms with E-state index in [-0.39, 0.29) is 5.76 Å². The lowest BCUT2D eigenvalue weighted by atomic mass is 9.97. The van der Waals surface area contributed by atoms with Gasteiger partial charge in [0, 0.05) is 5.39 Å². The van der Waals surface area contributed by atoms with E-state index >= 15 is 0 Å². The van der Waals surface area contributed by atoms with Crippen molar-refractivity contribution in [2.45, 2.75) is 6.42 Å². The van der Waals surface area contributed by atoms with Crippen LogP contribution in [0.3, 0.4) is 0 Å². The van der Waals surface area contributed by atoms with Crippen molar-refractivity contribution in [3.05, 3.63) is 77.0 Å². The number of benzene rings is 2. The van der Waals surface area contributed by atoms with Gasteiger partial charge in [-0.1, -0.05) is 30.3 Å². The first-order valence-electron chi connectivity index (χ1n) is 7.79. The average Bonchev–Trinajstić information content (AvgIpc) is 3.29. The molecule has 0 amide bonds. The van der Waals surface area contributed by atoms with Crippen LogP contribution in [0.1, 0.15) is 27.2 Å². The van der Waals surface area contributed by atoms with Gasteiger partial charge in [0.05, 0.1) is 17.1 Å². The highest BCUT2D eigenvalue weighted by molar-refractivity contribution is 5.95. The second-order valence-corrected chi connectivity index (χ2v) is 5.68. The summed E-state index contributed by atoms with van der Waals surface area (Å²) in [4.78, 5) is 10.9. The summed E-state index contributed by atoms with van der Waals surface area (Å²) in [7, 11) is 0. The summed E-state index contributed by atoms with van der Waals surface area (Å²) in [6.07, 6.45) is 1.28. The third-order valence-electron chi connectivity index (χ3n) is 4.17. The minimum atomic E-state index is 0.262. The van der Waals surface area contributed by atoms with Crippen molar-refractivity contribution < 1.29 is 9.21 Å². The number of carbonyl (C=O) groups excluding carboxylic acids is 1. The molecule has 1 N–H and O–H groups in total. The highest BCUT2D eigenvalue weighted by Crippen LogP contribution is 2.31. The maximum atomic E-state index is 10.9. The van der Waals surface area contributed by atoms with Gasteiger partial charge in [0.1, 0.15) is 5.69 Å². The Kier molecular flexibility index (Phi) is 3.64. The summed E-state index contributed by atoms with van der Waals surface area (Å²) in [5.41, 5.74) is 4.19. The zero-order chi connectivity index (χ0) is 17.2. The molecule has 0 unspecified atom stereocenters. The van der Waals surface area contributed by atoms with Crippen molar-refractivity contribution in [3.63, 3.8) is 0 Å². The number of nitriles is 1. The summed E-state index contributed by atoms with van der Waals surface area (Å²) in [5.74, 6) is 0.799. The second kappa shape index (κ2) is 6.10. The summed E-state index contributed by atoms with van der Waals surface area (Å²) in [6.45, 7) is 0. The number of hydrogen-bond acceptors (Lipinski definition) is 4. The third-order valence-corrected chi connectivity index (χ3v) is 4.17. The normalized spacial score (nSPS) is 10.7. The van der Waals surface area contributed by atoms with Crippen LogP contribution in [0.2, 0.25) is 0 Å². The first-order chi connectivity index (χ1) is 12.3. The zero-order valence-electron chi connectivity index (χ0n) is 13.2. The number of aromatic amines is 1. The average molecular weight is 327 g/mol. The number of nitrogens with zero attached hydrogens (tertiary/aromatic N) is 2. The van der Waals surface area contributed by atoms with Crippen LogP contribution in [-0.4, -0.2) is 16.5 Å². The van der Waals surface area contributed by atoms with E-state index in [1.54, 1.807) is 12.1 Å². The smallest absolute Gasteiger partial charge is 0.185 e. The first-order valence-corrected chi connectivity index (χ1v) is 7.79. The van der Waals surface area contributed by atoms with E-state index in [4.69, 9.17) is 4.42 Å². The number of aldehydes is 1. The van der Waals surface area contributed by atoms with Crippen molar-refractivity contribution in [1.29, 1.82) is 5.26 Å². The van der Waals surface area contributed by atoms with Gasteiger partial charge in [-0.15, -0.1) is 0 Å². The number of H-pyrrole nitrogens is 1. The van der Waals surface area contributed by atoms with E-state index < -0.39 is 0 Å². The monoisotopic (exact) mass is 327 g/mol. The minimum absolute atomic E-state index is 0.262. The molecule has 0 radical (unpaired) electrons. The fourth-order valence-electron chi connectivity index (χ4n) is 3.00. The predicted octanol–water partition coefficient (Wildman–Crippen LogP) is 4.10. The number of rotatable bonds is 4. The van der Waals surface area contributed by atoms with Crippen LogP contribution in [0, 0.1) is 11.3 Å². The van der Waals surface area contributed by atoms with Gasteiger partial charge in [0.15, 0.2) is 17.8 Å². The molecule has 0 saturated heterocycles. The van der Waals surface area contributed by atoms with Gasteiger partial charge in [-0.05, 0) is 41.8 Å². The summed E-state index contributed by atoms with van der Waals surface area (Å²) >= 11 is 0. The van der Waals surface area contributed by atoms with E-state index in [1.165, 1.54) is 0 Å². The molecule has 5 nitrogen and oxygen atoms in total. The molecule has 0 spiro atoms. The molecule has 0 aliphatic rings. The van der Waals surface area contributed by atoms with Gasteiger partial charge in [-0.2, -0.15) is 10.4 Å². The van der Waals surface area contributed by atoms with Crippen molar-refractivity contribution in [2.24, 2.45) is 0 Å². The molecule has 4 aromatic rings. The Bertz CT molecular complexity index is 1120. The lowest BCUT2D eigenvalue weighted by Crippen LogP contribution is -1.93. The van der Waals surface area contributed by atoms with Gasteiger partial charge in [0.2, 0.25) is 0 Å². The molecule has 0 atom stereocenters. The number of fused-ring (bicyclic) bond motifs is 1. The van der Waals surface area contributed by atoms with Gasteiger partial charge in [0.25, 0.3) is 0 Å². The number of hydrogen-bond donors (Lipinski definition) is 1. The summed E-state index contributed by atoms with van der Waals surface area (Å²) in [6, 6.07) is 19.0. The number of aromatic nitrogens is 2.